The number of amides is 2. The van der Waals surface area contributed by atoms with Crippen molar-refractivity contribution in [2.75, 3.05) is 18.1 Å². The second kappa shape index (κ2) is 7.34. The molecule has 1 rings (SSSR count). The monoisotopic (exact) mass is 282 g/mol. The van der Waals surface area contributed by atoms with Gasteiger partial charge in [0.05, 0.1) is 0 Å². The van der Waals surface area contributed by atoms with Crippen LogP contribution in [0.5, 0.6) is 5.75 Å². The van der Waals surface area contributed by atoms with Crippen molar-refractivity contribution in [2.24, 2.45) is 0 Å². The second-order valence-corrected chi connectivity index (χ2v) is 4.12. The molecule has 0 aliphatic carbocycles. The highest BCUT2D eigenvalue weighted by Crippen LogP contribution is 2.20. The highest BCUT2D eigenvalue weighted by molar-refractivity contribution is 5.94. The van der Waals surface area contributed by atoms with E-state index < -0.39 is 18.0 Å². The summed E-state index contributed by atoms with van der Waals surface area (Å²) in [7, 11) is 0. The lowest BCUT2D eigenvalue weighted by Crippen LogP contribution is -2.48. The van der Waals surface area contributed by atoms with Crippen LogP contribution in [0, 0.1) is 0 Å². The standard InChI is InChI=1S/C13H18N2O5/c1-2-15(9-4-3-5-10(17)8-9)13(20)14-11(6-7-16)12(18)19/h3-5,8,11,16-17H,2,6-7H2,1H3,(H,14,20)(H,18,19)/t11-/m1/s1. The van der Waals surface area contributed by atoms with Crippen molar-refractivity contribution < 1.29 is 24.9 Å². The third kappa shape index (κ3) is 4.13. The minimum Gasteiger partial charge on any atom is -0.508 e. The fraction of sp³-hybridized carbons (Fsp3) is 0.385. The Bertz CT molecular complexity index is 478. The Morgan fingerprint density at radius 2 is 2.10 bits per heavy atom. The first-order valence-electron chi connectivity index (χ1n) is 6.20. The molecule has 0 radical (unpaired) electrons. The summed E-state index contributed by atoms with van der Waals surface area (Å²) in [4.78, 5) is 24.3. The van der Waals surface area contributed by atoms with Crippen molar-refractivity contribution in [3.63, 3.8) is 0 Å². The van der Waals surface area contributed by atoms with Crippen LogP contribution in [-0.2, 0) is 4.79 Å². The molecule has 2 amide bonds. The number of benzene rings is 1. The van der Waals surface area contributed by atoms with Crippen molar-refractivity contribution in [3.05, 3.63) is 24.3 Å². The molecule has 0 spiro atoms. The van der Waals surface area contributed by atoms with Crippen molar-refractivity contribution >= 4 is 17.7 Å². The Kier molecular flexibility index (Phi) is 5.79. The topological polar surface area (TPSA) is 110 Å². The third-order valence-electron chi connectivity index (χ3n) is 2.72. The fourth-order valence-corrected chi connectivity index (χ4v) is 1.72. The van der Waals surface area contributed by atoms with Gasteiger partial charge in [0.2, 0.25) is 0 Å². The van der Waals surface area contributed by atoms with Crippen LogP contribution in [0.1, 0.15) is 13.3 Å². The van der Waals surface area contributed by atoms with Gasteiger partial charge in [-0.1, -0.05) is 6.07 Å². The number of nitrogens with one attached hydrogen (secondary N) is 1. The number of aliphatic hydroxyl groups is 1. The summed E-state index contributed by atoms with van der Waals surface area (Å²) in [5, 5.41) is 29.5. The zero-order valence-corrected chi connectivity index (χ0v) is 11.1. The summed E-state index contributed by atoms with van der Waals surface area (Å²) in [6.07, 6.45) is -0.0708. The number of phenolic OH excluding ortho intramolecular Hbond substituents is 1. The van der Waals surface area contributed by atoms with E-state index >= 15 is 0 Å². The van der Waals surface area contributed by atoms with Gasteiger partial charge in [0.1, 0.15) is 11.8 Å². The summed E-state index contributed by atoms with van der Waals surface area (Å²) in [5.41, 5.74) is 0.457. The summed E-state index contributed by atoms with van der Waals surface area (Å²) in [6, 6.07) is 4.34. The number of hydrogen-bond acceptors (Lipinski definition) is 4. The Labute approximate surface area is 116 Å². The predicted molar refractivity (Wildman–Crippen MR) is 72.8 cm³/mol. The van der Waals surface area contributed by atoms with Crippen LogP contribution in [0.4, 0.5) is 10.5 Å². The van der Waals surface area contributed by atoms with Gasteiger partial charge in [-0.05, 0) is 19.1 Å². The molecule has 7 nitrogen and oxygen atoms in total. The van der Waals surface area contributed by atoms with Gasteiger partial charge < -0.3 is 20.6 Å². The van der Waals surface area contributed by atoms with Crippen molar-refractivity contribution in [1.29, 1.82) is 0 Å². The van der Waals surface area contributed by atoms with E-state index in [1.807, 2.05) is 0 Å². The molecule has 110 valence electrons. The number of aliphatic hydroxyl groups excluding tert-OH is 1. The number of carboxylic acid groups (broad SMARTS) is 1. The van der Waals surface area contributed by atoms with E-state index in [-0.39, 0.29) is 18.8 Å². The smallest absolute Gasteiger partial charge is 0.326 e. The Morgan fingerprint density at radius 1 is 1.40 bits per heavy atom. The summed E-state index contributed by atoms with van der Waals surface area (Å²) in [6.45, 7) is 1.70. The number of urea groups is 1. The first-order valence-corrected chi connectivity index (χ1v) is 6.20. The van der Waals surface area contributed by atoms with E-state index in [0.29, 0.717) is 12.2 Å². The highest BCUT2D eigenvalue weighted by Gasteiger charge is 2.22. The largest absolute Gasteiger partial charge is 0.508 e. The molecule has 1 aromatic rings. The van der Waals surface area contributed by atoms with Crippen LogP contribution in [-0.4, -0.2) is 46.5 Å². The number of aromatic hydroxyl groups is 1. The van der Waals surface area contributed by atoms with Crippen LogP contribution in [0.3, 0.4) is 0 Å². The molecule has 1 aromatic carbocycles. The van der Waals surface area contributed by atoms with E-state index in [1.54, 1.807) is 19.1 Å². The average molecular weight is 282 g/mol. The van der Waals surface area contributed by atoms with Crippen molar-refractivity contribution in [3.8, 4) is 5.75 Å². The first-order chi connectivity index (χ1) is 9.49. The molecular formula is C13H18N2O5. The van der Waals surface area contributed by atoms with Crippen LogP contribution < -0.4 is 10.2 Å². The maximum absolute atomic E-state index is 12.1. The van der Waals surface area contributed by atoms with Crippen LogP contribution in [0.25, 0.3) is 0 Å². The number of phenols is 1. The molecule has 20 heavy (non-hydrogen) atoms. The minimum atomic E-state index is -1.21. The number of aliphatic carboxylic acids is 1. The number of anilines is 1. The zero-order valence-electron chi connectivity index (χ0n) is 11.1. The van der Waals surface area contributed by atoms with Crippen LogP contribution in [0.2, 0.25) is 0 Å². The zero-order chi connectivity index (χ0) is 15.1. The molecular weight excluding hydrogens is 264 g/mol. The van der Waals surface area contributed by atoms with E-state index in [0.717, 1.165) is 0 Å². The fourth-order valence-electron chi connectivity index (χ4n) is 1.72. The van der Waals surface area contributed by atoms with Gasteiger partial charge in [-0.3, -0.25) is 4.90 Å². The molecule has 0 bridgehead atoms. The number of carboxylic acids is 1. The summed E-state index contributed by atoms with van der Waals surface area (Å²) < 4.78 is 0. The molecule has 0 saturated heterocycles. The molecule has 4 N–H and O–H groups in total. The lowest BCUT2D eigenvalue weighted by molar-refractivity contribution is -0.139. The van der Waals surface area contributed by atoms with Crippen LogP contribution >= 0.6 is 0 Å². The first kappa shape index (κ1) is 15.8. The van der Waals surface area contributed by atoms with E-state index in [2.05, 4.69) is 5.32 Å². The number of hydrogen-bond donors (Lipinski definition) is 4. The normalized spacial score (nSPS) is 11.7. The number of carbonyl (C=O) groups excluding carboxylic acids is 1. The van der Waals surface area contributed by atoms with Crippen LogP contribution in [0.15, 0.2) is 24.3 Å². The molecule has 7 heteroatoms. The average Bonchev–Trinajstić information content (AvgIpc) is 2.39. The van der Waals surface area contributed by atoms with Crippen molar-refractivity contribution in [2.45, 2.75) is 19.4 Å². The molecule has 0 unspecified atom stereocenters. The van der Waals surface area contributed by atoms with Gasteiger partial charge in [0, 0.05) is 31.3 Å². The van der Waals surface area contributed by atoms with Gasteiger partial charge in [0.15, 0.2) is 0 Å². The number of carbonyl (C=O) groups is 2. The van der Waals surface area contributed by atoms with E-state index in [1.165, 1.54) is 17.0 Å². The lowest BCUT2D eigenvalue weighted by Gasteiger charge is -2.24. The van der Waals surface area contributed by atoms with Gasteiger partial charge in [-0.25, -0.2) is 9.59 Å². The maximum atomic E-state index is 12.1. The summed E-state index contributed by atoms with van der Waals surface area (Å²) in [5.74, 6) is -1.20. The minimum absolute atomic E-state index is 0.0129. The summed E-state index contributed by atoms with van der Waals surface area (Å²) >= 11 is 0. The van der Waals surface area contributed by atoms with E-state index in [4.69, 9.17) is 10.2 Å². The Hall–Kier alpha value is -2.28. The Morgan fingerprint density at radius 3 is 2.60 bits per heavy atom. The molecule has 0 saturated carbocycles. The van der Waals surface area contributed by atoms with Crippen molar-refractivity contribution in [1.82, 2.24) is 5.32 Å². The number of rotatable bonds is 6. The molecule has 0 fully saturated rings. The highest BCUT2D eigenvalue weighted by atomic mass is 16.4. The van der Waals surface area contributed by atoms with Gasteiger partial charge >= 0.3 is 12.0 Å². The second-order valence-electron chi connectivity index (χ2n) is 4.12. The number of nitrogens with zero attached hydrogens (tertiary/aromatic N) is 1. The van der Waals surface area contributed by atoms with Gasteiger partial charge in [-0.15, -0.1) is 0 Å². The molecule has 0 aromatic heterocycles. The van der Waals surface area contributed by atoms with Gasteiger partial charge in [-0.2, -0.15) is 0 Å². The third-order valence-corrected chi connectivity index (χ3v) is 2.72. The SMILES string of the molecule is CCN(C(=O)N[C@H](CCO)C(=O)O)c1cccc(O)c1. The molecule has 0 aliphatic heterocycles. The molecule has 0 heterocycles. The maximum Gasteiger partial charge on any atom is 0.326 e. The molecule has 0 aliphatic rings. The molecule has 1 atom stereocenters. The quantitative estimate of drug-likeness (QED) is 0.616. The predicted octanol–water partition coefficient (Wildman–Crippen LogP) is 0.764. The van der Waals surface area contributed by atoms with Gasteiger partial charge in [0.25, 0.3) is 0 Å². The Balaban J connectivity index is 2.84. The lowest BCUT2D eigenvalue weighted by atomic mass is 10.2. The van der Waals surface area contributed by atoms with E-state index in [9.17, 15) is 14.7 Å².